The summed E-state index contributed by atoms with van der Waals surface area (Å²) >= 11 is 8.16. The molecule has 4 rings (SSSR count). The molecule has 0 aliphatic carbocycles. The van der Waals surface area contributed by atoms with Crippen molar-refractivity contribution in [2.45, 2.75) is 26.9 Å². The first-order chi connectivity index (χ1) is 14.8. The average Bonchev–Trinajstić information content (AvgIpc) is 2.77. The van der Waals surface area contributed by atoms with Crippen LogP contribution in [0.5, 0.6) is 0 Å². The van der Waals surface area contributed by atoms with Crippen LogP contribution in [0.2, 0.25) is 0 Å². The molecule has 0 saturated heterocycles. The Morgan fingerprint density at radius 1 is 0.516 bits per heavy atom. The molecule has 0 fully saturated rings. The molecule has 0 unspecified atom stereocenters. The Bertz CT molecular complexity index is 1060. The van der Waals surface area contributed by atoms with Crippen molar-refractivity contribution >= 4 is 52.6 Å². The van der Waals surface area contributed by atoms with Gasteiger partial charge in [-0.1, -0.05) is 0 Å². The number of rotatable bonds is 5. The van der Waals surface area contributed by atoms with Gasteiger partial charge in [0.05, 0.1) is 0 Å². The number of aryl methyl sites for hydroxylation is 3. The summed E-state index contributed by atoms with van der Waals surface area (Å²) in [4.78, 5) is 0. The van der Waals surface area contributed by atoms with Crippen LogP contribution in [0.1, 0.15) is 22.3 Å². The molecule has 0 aliphatic rings. The Balaban J connectivity index is 2.09. The van der Waals surface area contributed by atoms with Crippen LogP contribution in [0.3, 0.4) is 0 Å². The van der Waals surface area contributed by atoms with Gasteiger partial charge in [-0.15, -0.1) is 0 Å². The fourth-order valence-electron chi connectivity index (χ4n) is 4.22. The van der Waals surface area contributed by atoms with Crippen molar-refractivity contribution in [3.8, 4) is 0 Å². The van der Waals surface area contributed by atoms with Crippen LogP contribution >= 0.6 is 36.7 Å². The van der Waals surface area contributed by atoms with E-state index in [1.54, 1.807) is 0 Å². The predicted molar refractivity (Wildman–Crippen MR) is 146 cm³/mol. The van der Waals surface area contributed by atoms with Crippen molar-refractivity contribution in [1.29, 1.82) is 0 Å². The van der Waals surface area contributed by atoms with Crippen LogP contribution in [0.25, 0.3) is 0 Å². The van der Waals surface area contributed by atoms with Crippen molar-refractivity contribution in [3.05, 3.63) is 124 Å². The minimum atomic E-state index is -2.97. The predicted octanol–water partition coefficient (Wildman–Crippen LogP) is 7.71. The van der Waals surface area contributed by atoms with E-state index >= 15 is 0 Å². The molecule has 0 heterocycles. The molecule has 4 aromatic carbocycles. The Morgan fingerprint density at radius 2 is 0.839 bits per heavy atom. The van der Waals surface area contributed by atoms with E-state index in [9.17, 15) is 0 Å². The number of hydrogen-bond donors (Lipinski definition) is 0. The van der Waals surface area contributed by atoms with Crippen molar-refractivity contribution in [1.82, 2.24) is 0 Å². The number of halogens is 2. The Kier molecular flexibility index (Phi) is 6.28. The second kappa shape index (κ2) is 8.66. The molecule has 158 valence electrons. The van der Waals surface area contributed by atoms with Gasteiger partial charge < -0.3 is 0 Å². The van der Waals surface area contributed by atoms with Crippen molar-refractivity contribution in [2.24, 2.45) is 0 Å². The summed E-state index contributed by atoms with van der Waals surface area (Å²) in [6.45, 7) is 6.46. The number of hydrogen-bond acceptors (Lipinski definition) is 0. The molecule has 0 aromatic heterocycles. The van der Waals surface area contributed by atoms with E-state index in [1.165, 1.54) is 38.2 Å². The molecule has 31 heavy (non-hydrogen) atoms. The van der Waals surface area contributed by atoms with Crippen molar-refractivity contribution < 1.29 is 0 Å². The van der Waals surface area contributed by atoms with E-state index in [4.69, 9.17) is 0 Å². The van der Waals surface area contributed by atoms with Gasteiger partial charge in [0.1, 0.15) is 0 Å². The van der Waals surface area contributed by atoms with Gasteiger partial charge >= 0.3 is 203 Å². The fourth-order valence-corrected chi connectivity index (χ4v) is 12.1. The van der Waals surface area contributed by atoms with Gasteiger partial charge in [0, 0.05) is 0 Å². The second-order valence-corrected chi connectivity index (χ2v) is 18.3. The van der Waals surface area contributed by atoms with Crippen molar-refractivity contribution in [3.63, 3.8) is 0 Å². The molecule has 0 spiro atoms. The summed E-state index contributed by atoms with van der Waals surface area (Å²) in [5.74, 6) is 0. The maximum absolute atomic E-state index is 4.57. The molecule has 0 aliphatic heterocycles. The molecule has 3 heteroatoms. The van der Waals surface area contributed by atoms with E-state index in [0.29, 0.717) is 0 Å². The molecular formula is C28H27Br2P. The summed E-state index contributed by atoms with van der Waals surface area (Å²) in [7, 11) is 0. The zero-order chi connectivity index (χ0) is 22.1. The third-order valence-electron chi connectivity index (χ3n) is 6.11. The first-order valence-electron chi connectivity index (χ1n) is 10.5. The van der Waals surface area contributed by atoms with Gasteiger partial charge in [0.25, 0.3) is 0 Å². The fraction of sp³-hybridized carbons (Fsp3) is 0.143. The molecular weight excluding hydrogens is 527 g/mol. The first-order valence-corrected chi connectivity index (χ1v) is 15.7. The van der Waals surface area contributed by atoms with E-state index in [1.807, 2.05) is 0 Å². The van der Waals surface area contributed by atoms with Crippen LogP contribution in [0.15, 0.2) is 102 Å². The zero-order valence-electron chi connectivity index (χ0n) is 18.1. The average molecular weight is 554 g/mol. The standard InChI is InChI=1S/C28H27Br2P/c1-21-4-14-26(15-5-21)31(30,27-16-6-22(2)7-17-27,28-18-8-23(3)9-19-28)20-24-10-12-25(29)13-11-24/h4-19H,20H2,1-3H3. The molecule has 0 bridgehead atoms. The Hall–Kier alpha value is -1.73. The molecule has 0 radical (unpaired) electrons. The van der Waals surface area contributed by atoms with Gasteiger partial charge in [-0.05, 0) is 0 Å². The summed E-state index contributed by atoms with van der Waals surface area (Å²) in [5, 5.41) is 1.09. The topological polar surface area (TPSA) is 0 Å². The minimum absolute atomic E-state index is 0.911. The molecule has 0 saturated carbocycles. The molecule has 0 amide bonds. The van der Waals surface area contributed by atoms with Gasteiger partial charge in [0.2, 0.25) is 0 Å². The van der Waals surface area contributed by atoms with Crippen LogP contribution in [0, 0.1) is 20.8 Å². The van der Waals surface area contributed by atoms with Gasteiger partial charge in [0.15, 0.2) is 0 Å². The summed E-state index contributed by atoms with van der Waals surface area (Å²) in [6.07, 6.45) is 0.911. The zero-order valence-corrected chi connectivity index (χ0v) is 22.2. The summed E-state index contributed by atoms with van der Waals surface area (Å²) in [5.41, 5.74) is 5.15. The van der Waals surface area contributed by atoms with E-state index in [0.717, 1.165) is 10.6 Å². The molecule has 0 N–H and O–H groups in total. The molecule has 0 nitrogen and oxygen atoms in total. The van der Waals surface area contributed by atoms with Crippen LogP contribution in [0.4, 0.5) is 0 Å². The van der Waals surface area contributed by atoms with Gasteiger partial charge in [-0.2, -0.15) is 0 Å². The Labute approximate surface area is 202 Å². The van der Waals surface area contributed by atoms with Crippen LogP contribution in [-0.2, 0) is 6.16 Å². The normalized spacial score (nSPS) is 12.9. The van der Waals surface area contributed by atoms with E-state index < -0.39 is 5.31 Å². The quantitative estimate of drug-likeness (QED) is 0.222. The SMILES string of the molecule is Cc1ccc(P(Br)(Cc2ccc(Br)cc2)(c2ccc(C)cc2)c2ccc(C)cc2)cc1. The second-order valence-electron chi connectivity index (χ2n) is 8.47. The maximum atomic E-state index is 4.57. The van der Waals surface area contributed by atoms with E-state index in [-0.39, 0.29) is 0 Å². The summed E-state index contributed by atoms with van der Waals surface area (Å²) < 4.78 is 1.10. The van der Waals surface area contributed by atoms with Crippen LogP contribution < -0.4 is 15.9 Å². The summed E-state index contributed by atoms with van der Waals surface area (Å²) in [6, 6.07) is 36.1. The molecule has 4 aromatic rings. The monoisotopic (exact) mass is 552 g/mol. The third-order valence-corrected chi connectivity index (χ3v) is 16.2. The Morgan fingerprint density at radius 3 is 1.16 bits per heavy atom. The van der Waals surface area contributed by atoms with Gasteiger partial charge in [-0.3, -0.25) is 0 Å². The van der Waals surface area contributed by atoms with E-state index in [2.05, 4.69) is 149 Å². The van der Waals surface area contributed by atoms with Crippen LogP contribution in [-0.4, -0.2) is 0 Å². The number of benzene rings is 4. The molecule has 0 atom stereocenters. The van der Waals surface area contributed by atoms with Gasteiger partial charge in [-0.25, -0.2) is 0 Å². The third kappa shape index (κ3) is 4.19. The van der Waals surface area contributed by atoms with Crippen molar-refractivity contribution in [2.75, 3.05) is 0 Å². The first kappa shape index (κ1) is 22.5.